The first-order chi connectivity index (χ1) is 11.6. The number of carbonyl (C=O) groups excluding carboxylic acids is 1. The number of Topliss-reactive ketones (excluding diaryl/α,β-unsaturated/α-hetero) is 1. The number of nitrogens with zero attached hydrogens (tertiary/aromatic N) is 1. The summed E-state index contributed by atoms with van der Waals surface area (Å²) in [4.78, 5) is 11.6. The monoisotopic (exact) mass is 347 g/mol. The van der Waals surface area contributed by atoms with Crippen molar-refractivity contribution in [1.82, 2.24) is 4.57 Å². The van der Waals surface area contributed by atoms with Crippen molar-refractivity contribution in [2.75, 3.05) is 5.75 Å². The molecule has 132 valence electrons. The van der Waals surface area contributed by atoms with Gasteiger partial charge in [-0.25, -0.2) is 0 Å². The topological polar surface area (TPSA) is 42.2 Å². The Morgan fingerprint density at radius 1 is 1.17 bits per heavy atom. The van der Waals surface area contributed by atoms with Gasteiger partial charge in [-0.15, -0.1) is 11.8 Å². The number of aliphatic hydroxyl groups is 1. The summed E-state index contributed by atoms with van der Waals surface area (Å²) in [6.45, 7) is 1.70. The zero-order valence-electron chi connectivity index (χ0n) is 14.8. The van der Waals surface area contributed by atoms with Crippen molar-refractivity contribution in [3.05, 3.63) is 36.0 Å². The minimum Gasteiger partial charge on any atom is -0.383 e. The number of aryl methyl sites for hydroxylation is 2. The maximum atomic E-state index is 11.6. The smallest absolute Gasteiger partial charge is 0.142 e. The number of carbonyl (C=O) groups is 1. The molecule has 3 nitrogen and oxygen atoms in total. The van der Waals surface area contributed by atoms with Gasteiger partial charge in [-0.2, -0.15) is 0 Å². The van der Waals surface area contributed by atoms with E-state index in [2.05, 4.69) is 41.9 Å². The average Bonchev–Trinajstić information content (AvgIpc) is 2.88. The van der Waals surface area contributed by atoms with Gasteiger partial charge in [0.05, 0.1) is 11.2 Å². The maximum absolute atomic E-state index is 11.6. The molecular formula is C20H29NO2S. The van der Waals surface area contributed by atoms with Crippen LogP contribution in [-0.4, -0.2) is 26.6 Å². The number of para-hydroxylation sites is 1. The normalized spacial score (nSPS) is 12.6. The van der Waals surface area contributed by atoms with Gasteiger partial charge in [0.1, 0.15) is 5.78 Å². The fraction of sp³-hybridized carbons (Fsp3) is 0.550. The molecule has 1 aromatic carbocycles. The lowest BCUT2D eigenvalue weighted by molar-refractivity contribution is -0.116. The summed E-state index contributed by atoms with van der Waals surface area (Å²) in [5.41, 5.74) is 2.27. The number of thioether (sulfide) groups is 1. The van der Waals surface area contributed by atoms with Gasteiger partial charge in [-0.1, -0.05) is 37.5 Å². The van der Waals surface area contributed by atoms with Gasteiger partial charge in [-0.3, -0.25) is 4.79 Å². The van der Waals surface area contributed by atoms with Crippen molar-refractivity contribution in [3.8, 4) is 0 Å². The Hall–Kier alpha value is -1.26. The second kappa shape index (κ2) is 9.90. The predicted octanol–water partition coefficient (Wildman–Crippen LogP) is 4.70. The first-order valence-corrected chi connectivity index (χ1v) is 9.97. The number of hydrogen-bond acceptors (Lipinski definition) is 3. The van der Waals surface area contributed by atoms with Crippen molar-refractivity contribution in [2.45, 2.75) is 57.3 Å². The number of fused-ring (bicyclic) bond motifs is 1. The molecule has 2 rings (SSSR count). The average molecular weight is 348 g/mol. The standard InChI is InChI=1S/C20H29NO2S/c1-16(22)24-15-19(23)12-7-5-3-4-6-11-18-14-17-10-8-9-13-20(17)21(18)2/h8-10,13-14,16,22H,3-7,11-12,15H2,1-2H3. The van der Waals surface area contributed by atoms with E-state index in [1.165, 1.54) is 47.6 Å². The molecule has 0 bridgehead atoms. The molecule has 0 saturated carbocycles. The number of hydrogen-bond donors (Lipinski definition) is 1. The second-order valence-electron chi connectivity index (χ2n) is 6.47. The van der Waals surface area contributed by atoms with E-state index in [0.717, 1.165) is 19.3 Å². The van der Waals surface area contributed by atoms with Crippen molar-refractivity contribution in [1.29, 1.82) is 0 Å². The number of ketones is 1. The Balaban J connectivity index is 1.58. The molecule has 0 fully saturated rings. The molecule has 0 radical (unpaired) electrons. The highest BCUT2D eigenvalue weighted by Crippen LogP contribution is 2.20. The van der Waals surface area contributed by atoms with Crippen LogP contribution in [-0.2, 0) is 18.3 Å². The van der Waals surface area contributed by atoms with Crippen LogP contribution in [0.1, 0.15) is 51.1 Å². The Labute approximate surface area is 149 Å². The Morgan fingerprint density at radius 3 is 2.62 bits per heavy atom. The fourth-order valence-electron chi connectivity index (χ4n) is 3.03. The van der Waals surface area contributed by atoms with Crippen LogP contribution in [0.3, 0.4) is 0 Å². The molecule has 0 aliphatic heterocycles. The van der Waals surface area contributed by atoms with Crippen LogP contribution in [0.15, 0.2) is 30.3 Å². The van der Waals surface area contributed by atoms with E-state index in [4.69, 9.17) is 5.11 Å². The minimum atomic E-state index is -0.442. The van der Waals surface area contributed by atoms with Crippen LogP contribution in [0.4, 0.5) is 0 Å². The lowest BCUT2D eigenvalue weighted by Gasteiger charge is -2.05. The van der Waals surface area contributed by atoms with Crippen LogP contribution in [0, 0.1) is 0 Å². The van der Waals surface area contributed by atoms with Gasteiger partial charge in [-0.05, 0) is 43.7 Å². The van der Waals surface area contributed by atoms with E-state index in [1.54, 1.807) is 6.92 Å². The summed E-state index contributed by atoms with van der Waals surface area (Å²) < 4.78 is 2.30. The van der Waals surface area contributed by atoms with Crippen LogP contribution in [0.2, 0.25) is 0 Å². The Bertz CT molecular complexity index is 648. The van der Waals surface area contributed by atoms with E-state index in [-0.39, 0.29) is 5.78 Å². The van der Waals surface area contributed by atoms with Crippen molar-refractivity contribution >= 4 is 28.4 Å². The first kappa shape index (κ1) is 19.1. The molecule has 24 heavy (non-hydrogen) atoms. The lowest BCUT2D eigenvalue weighted by atomic mass is 10.1. The summed E-state index contributed by atoms with van der Waals surface area (Å²) in [6.07, 6.45) is 7.50. The molecule has 1 N–H and O–H groups in total. The molecule has 1 aromatic heterocycles. The van der Waals surface area contributed by atoms with Crippen molar-refractivity contribution < 1.29 is 9.90 Å². The number of benzene rings is 1. The van der Waals surface area contributed by atoms with Crippen molar-refractivity contribution in [2.24, 2.45) is 7.05 Å². The molecule has 4 heteroatoms. The highest BCUT2D eigenvalue weighted by molar-refractivity contribution is 8.00. The van der Waals surface area contributed by atoms with E-state index < -0.39 is 5.44 Å². The third-order valence-corrected chi connectivity index (χ3v) is 5.40. The molecule has 0 aliphatic rings. The van der Waals surface area contributed by atoms with Crippen LogP contribution < -0.4 is 0 Å². The van der Waals surface area contributed by atoms with Gasteiger partial charge < -0.3 is 9.67 Å². The highest BCUT2D eigenvalue weighted by Gasteiger charge is 2.06. The molecular weight excluding hydrogens is 318 g/mol. The molecule has 0 saturated heterocycles. The first-order valence-electron chi connectivity index (χ1n) is 8.92. The summed E-state index contributed by atoms with van der Waals surface area (Å²) in [5, 5.41) is 10.5. The van der Waals surface area contributed by atoms with Crippen LogP contribution in [0.25, 0.3) is 10.9 Å². The van der Waals surface area contributed by atoms with Gasteiger partial charge in [0.25, 0.3) is 0 Å². The third kappa shape index (κ3) is 5.99. The molecule has 1 atom stereocenters. The molecule has 2 aromatic rings. The van der Waals surface area contributed by atoms with E-state index in [0.29, 0.717) is 12.2 Å². The largest absolute Gasteiger partial charge is 0.383 e. The third-order valence-electron chi connectivity index (χ3n) is 4.43. The quantitative estimate of drug-likeness (QED) is 0.473. The SMILES string of the molecule is CC(O)SCC(=O)CCCCCCCc1cc2ccccc2n1C. The van der Waals surface area contributed by atoms with Crippen molar-refractivity contribution in [3.63, 3.8) is 0 Å². The molecule has 0 aliphatic carbocycles. The highest BCUT2D eigenvalue weighted by atomic mass is 32.2. The van der Waals surface area contributed by atoms with E-state index in [9.17, 15) is 4.79 Å². The van der Waals surface area contributed by atoms with Gasteiger partial charge in [0.2, 0.25) is 0 Å². The predicted molar refractivity (Wildman–Crippen MR) is 103 cm³/mol. The minimum absolute atomic E-state index is 0.261. The Kier molecular flexibility index (Phi) is 7.86. The summed E-state index contributed by atoms with van der Waals surface area (Å²) in [7, 11) is 2.15. The lowest BCUT2D eigenvalue weighted by Crippen LogP contribution is -2.05. The van der Waals surface area contributed by atoms with Gasteiger partial charge >= 0.3 is 0 Å². The number of unbranched alkanes of at least 4 members (excludes halogenated alkanes) is 4. The number of aromatic nitrogens is 1. The molecule has 1 unspecified atom stereocenters. The molecule has 1 heterocycles. The summed E-state index contributed by atoms with van der Waals surface area (Å²) in [6, 6.07) is 10.8. The number of aliphatic hydroxyl groups excluding tert-OH is 1. The summed E-state index contributed by atoms with van der Waals surface area (Å²) in [5.74, 6) is 0.704. The second-order valence-corrected chi connectivity index (χ2v) is 7.77. The van der Waals surface area contributed by atoms with Crippen LogP contribution in [0.5, 0.6) is 0 Å². The molecule has 0 spiro atoms. The van der Waals surface area contributed by atoms with Crippen LogP contribution >= 0.6 is 11.8 Å². The zero-order chi connectivity index (χ0) is 17.4. The summed E-state index contributed by atoms with van der Waals surface area (Å²) >= 11 is 1.32. The zero-order valence-corrected chi connectivity index (χ0v) is 15.6. The van der Waals surface area contributed by atoms with E-state index in [1.807, 2.05) is 0 Å². The Morgan fingerprint density at radius 2 is 1.88 bits per heavy atom. The molecule has 0 amide bonds. The fourth-order valence-corrected chi connectivity index (χ4v) is 3.60. The van der Waals surface area contributed by atoms with Gasteiger partial charge in [0, 0.05) is 24.7 Å². The maximum Gasteiger partial charge on any atom is 0.142 e. The van der Waals surface area contributed by atoms with E-state index >= 15 is 0 Å². The van der Waals surface area contributed by atoms with Gasteiger partial charge in [0.15, 0.2) is 0 Å². The number of rotatable bonds is 11.